The Morgan fingerprint density at radius 3 is 2.80 bits per heavy atom. The highest BCUT2D eigenvalue weighted by molar-refractivity contribution is 6.36. The molecule has 15 heavy (non-hydrogen) atoms. The molecule has 78 valence electrons. The number of anilines is 1. The molecule has 0 saturated carbocycles. The average Bonchev–Trinajstić information content (AvgIpc) is 2.20. The summed E-state index contributed by atoms with van der Waals surface area (Å²) in [6.07, 6.45) is 0.891. The molecule has 1 aromatic carbocycles. The van der Waals surface area contributed by atoms with Crippen LogP contribution in [0.3, 0.4) is 0 Å². The van der Waals surface area contributed by atoms with Gasteiger partial charge in [-0.1, -0.05) is 18.5 Å². The molecule has 2 aromatic rings. The van der Waals surface area contributed by atoms with E-state index >= 15 is 0 Å². The number of nitrogens with zero attached hydrogens (tertiary/aromatic N) is 1. The van der Waals surface area contributed by atoms with Gasteiger partial charge in [-0.05, 0) is 37.1 Å². The third-order valence-corrected chi connectivity index (χ3v) is 3.03. The Labute approximate surface area is 94.1 Å². The summed E-state index contributed by atoms with van der Waals surface area (Å²) in [6, 6.07) is 5.63. The van der Waals surface area contributed by atoms with Crippen molar-refractivity contribution in [3.63, 3.8) is 0 Å². The molecule has 2 N–H and O–H groups in total. The number of hydrogen-bond donors (Lipinski definition) is 1. The van der Waals surface area contributed by atoms with E-state index < -0.39 is 0 Å². The smallest absolute Gasteiger partial charge is 0.0721 e. The van der Waals surface area contributed by atoms with E-state index in [2.05, 4.69) is 11.9 Å². The molecule has 0 saturated heterocycles. The first-order valence-electron chi connectivity index (χ1n) is 4.97. The summed E-state index contributed by atoms with van der Waals surface area (Å²) in [5, 5.41) is 1.73. The summed E-state index contributed by atoms with van der Waals surface area (Å²) < 4.78 is 0. The number of nitrogens with two attached hydrogens (primary N) is 1. The second-order valence-corrected chi connectivity index (χ2v) is 4.00. The minimum Gasteiger partial charge on any atom is -0.399 e. The molecular weight excluding hydrogens is 208 g/mol. The van der Waals surface area contributed by atoms with Gasteiger partial charge in [-0.25, -0.2) is 0 Å². The Morgan fingerprint density at radius 2 is 2.13 bits per heavy atom. The fourth-order valence-corrected chi connectivity index (χ4v) is 2.23. The van der Waals surface area contributed by atoms with Crippen LogP contribution in [0.15, 0.2) is 18.2 Å². The van der Waals surface area contributed by atoms with Gasteiger partial charge >= 0.3 is 0 Å². The number of nitrogen functional groups attached to an aromatic ring is 1. The molecule has 0 amide bonds. The van der Waals surface area contributed by atoms with Crippen molar-refractivity contribution in [1.82, 2.24) is 4.98 Å². The fraction of sp³-hybridized carbons (Fsp3) is 0.250. The number of pyridine rings is 1. The van der Waals surface area contributed by atoms with Crippen LogP contribution < -0.4 is 5.73 Å². The van der Waals surface area contributed by atoms with Crippen molar-refractivity contribution in [3.05, 3.63) is 34.5 Å². The van der Waals surface area contributed by atoms with Crippen molar-refractivity contribution in [3.8, 4) is 0 Å². The molecule has 0 bridgehead atoms. The first-order valence-corrected chi connectivity index (χ1v) is 5.35. The number of fused-ring (bicyclic) bond motifs is 1. The van der Waals surface area contributed by atoms with E-state index in [0.717, 1.165) is 39.3 Å². The molecule has 0 aliphatic carbocycles. The molecule has 0 fully saturated rings. The highest BCUT2D eigenvalue weighted by Crippen LogP contribution is 2.29. The van der Waals surface area contributed by atoms with Crippen LogP contribution in [0.5, 0.6) is 0 Å². The van der Waals surface area contributed by atoms with E-state index in [-0.39, 0.29) is 0 Å². The monoisotopic (exact) mass is 220 g/mol. The Balaban J connectivity index is 2.86. The lowest BCUT2D eigenvalue weighted by atomic mass is 10.1. The number of hydrogen-bond acceptors (Lipinski definition) is 2. The van der Waals surface area contributed by atoms with Crippen LogP contribution in [0.4, 0.5) is 5.69 Å². The predicted octanol–water partition coefficient (Wildman–Crippen LogP) is 3.34. The maximum absolute atomic E-state index is 6.32. The van der Waals surface area contributed by atoms with Crippen molar-refractivity contribution in [2.75, 3.05) is 5.73 Å². The van der Waals surface area contributed by atoms with Gasteiger partial charge in [-0.2, -0.15) is 0 Å². The molecular formula is C12H13ClN2. The third-order valence-electron chi connectivity index (χ3n) is 2.60. The Hall–Kier alpha value is -1.28. The predicted molar refractivity (Wildman–Crippen MR) is 65.3 cm³/mol. The molecule has 2 rings (SSSR count). The quantitative estimate of drug-likeness (QED) is 0.749. The number of rotatable bonds is 1. The molecule has 1 aromatic heterocycles. The topological polar surface area (TPSA) is 38.9 Å². The van der Waals surface area contributed by atoms with Crippen molar-refractivity contribution < 1.29 is 0 Å². The van der Waals surface area contributed by atoms with Crippen LogP contribution in [0, 0.1) is 6.92 Å². The maximum atomic E-state index is 6.32. The lowest BCUT2D eigenvalue weighted by molar-refractivity contribution is 1.07. The van der Waals surface area contributed by atoms with Gasteiger partial charge in [0.15, 0.2) is 0 Å². The Bertz CT molecular complexity index is 521. The molecule has 0 unspecified atom stereocenters. The second kappa shape index (κ2) is 3.70. The minimum atomic E-state index is 0.720. The maximum Gasteiger partial charge on any atom is 0.0721 e. The zero-order chi connectivity index (χ0) is 11.0. The lowest BCUT2D eigenvalue weighted by Crippen LogP contribution is -1.95. The van der Waals surface area contributed by atoms with Crippen LogP contribution in [0.2, 0.25) is 5.02 Å². The molecule has 2 nitrogen and oxygen atoms in total. The van der Waals surface area contributed by atoms with E-state index in [1.165, 1.54) is 0 Å². The Kier molecular flexibility index (Phi) is 2.53. The van der Waals surface area contributed by atoms with E-state index in [1.807, 2.05) is 25.1 Å². The van der Waals surface area contributed by atoms with Crippen LogP contribution >= 0.6 is 11.6 Å². The van der Waals surface area contributed by atoms with Crippen LogP contribution in [-0.4, -0.2) is 4.98 Å². The standard InChI is InChI=1S/C12H13ClN2/c1-3-9-7(2)15-11-5-4-8(14)6-10(11)12(9)13/h4-6H,3,14H2,1-2H3. The van der Waals surface area contributed by atoms with Gasteiger partial charge in [-0.15, -0.1) is 0 Å². The van der Waals surface area contributed by atoms with E-state index in [9.17, 15) is 0 Å². The highest BCUT2D eigenvalue weighted by Gasteiger charge is 2.09. The molecule has 1 heterocycles. The first-order chi connectivity index (χ1) is 7.13. The lowest BCUT2D eigenvalue weighted by Gasteiger charge is -2.09. The van der Waals surface area contributed by atoms with Gasteiger partial charge in [0, 0.05) is 16.8 Å². The number of aromatic nitrogens is 1. The van der Waals surface area contributed by atoms with E-state index in [1.54, 1.807) is 0 Å². The van der Waals surface area contributed by atoms with Gasteiger partial charge < -0.3 is 5.73 Å². The molecule has 0 radical (unpaired) electrons. The zero-order valence-corrected chi connectivity index (χ0v) is 9.60. The van der Waals surface area contributed by atoms with Gasteiger partial charge in [0.1, 0.15) is 0 Å². The van der Waals surface area contributed by atoms with Crippen molar-refractivity contribution >= 4 is 28.2 Å². The summed E-state index contributed by atoms with van der Waals surface area (Å²) in [5.41, 5.74) is 9.47. The van der Waals surface area contributed by atoms with Gasteiger partial charge in [0.2, 0.25) is 0 Å². The number of aryl methyl sites for hydroxylation is 1. The highest BCUT2D eigenvalue weighted by atomic mass is 35.5. The van der Waals surface area contributed by atoms with Gasteiger partial charge in [0.25, 0.3) is 0 Å². The largest absolute Gasteiger partial charge is 0.399 e. The van der Waals surface area contributed by atoms with Crippen LogP contribution in [-0.2, 0) is 6.42 Å². The SMILES string of the molecule is CCc1c(C)nc2ccc(N)cc2c1Cl. The summed E-state index contributed by atoms with van der Waals surface area (Å²) in [6.45, 7) is 4.06. The summed E-state index contributed by atoms with van der Waals surface area (Å²) >= 11 is 6.32. The van der Waals surface area contributed by atoms with Crippen molar-refractivity contribution in [2.45, 2.75) is 20.3 Å². The number of benzene rings is 1. The summed E-state index contributed by atoms with van der Waals surface area (Å²) in [4.78, 5) is 4.51. The molecule has 0 aliphatic rings. The molecule has 0 atom stereocenters. The molecule has 3 heteroatoms. The van der Waals surface area contributed by atoms with Crippen molar-refractivity contribution in [2.24, 2.45) is 0 Å². The van der Waals surface area contributed by atoms with Crippen molar-refractivity contribution in [1.29, 1.82) is 0 Å². The third kappa shape index (κ3) is 1.65. The number of halogens is 1. The normalized spacial score (nSPS) is 10.9. The second-order valence-electron chi connectivity index (χ2n) is 3.62. The zero-order valence-electron chi connectivity index (χ0n) is 8.84. The summed E-state index contributed by atoms with van der Waals surface area (Å²) in [7, 11) is 0. The van der Waals surface area contributed by atoms with Crippen LogP contribution in [0.1, 0.15) is 18.2 Å². The molecule has 0 aliphatic heterocycles. The van der Waals surface area contributed by atoms with Gasteiger partial charge in [0.05, 0.1) is 10.5 Å². The minimum absolute atomic E-state index is 0.720. The van der Waals surface area contributed by atoms with E-state index in [0.29, 0.717) is 0 Å². The average molecular weight is 221 g/mol. The first kappa shape index (κ1) is 10.2. The Morgan fingerprint density at radius 1 is 1.40 bits per heavy atom. The molecule has 0 spiro atoms. The van der Waals surface area contributed by atoms with Gasteiger partial charge in [-0.3, -0.25) is 4.98 Å². The summed E-state index contributed by atoms with van der Waals surface area (Å²) in [5.74, 6) is 0. The van der Waals surface area contributed by atoms with E-state index in [4.69, 9.17) is 17.3 Å². The van der Waals surface area contributed by atoms with Crippen LogP contribution in [0.25, 0.3) is 10.9 Å². The fourth-order valence-electron chi connectivity index (χ4n) is 1.81.